The second-order valence-electron chi connectivity index (χ2n) is 10.2. The molecule has 172 valence electrons. The molecule has 0 spiro atoms. The Morgan fingerprint density at radius 1 is 1.03 bits per heavy atom. The van der Waals surface area contributed by atoms with Crippen molar-refractivity contribution in [2.75, 3.05) is 6.61 Å². The molecule has 0 saturated heterocycles. The molecule has 0 radical (unpaired) electrons. The van der Waals surface area contributed by atoms with Crippen LogP contribution in [0.4, 0.5) is 0 Å². The Morgan fingerprint density at radius 2 is 1.66 bits per heavy atom. The number of benzene rings is 2. The summed E-state index contributed by atoms with van der Waals surface area (Å²) in [6, 6.07) is 14.1. The Morgan fingerprint density at radius 3 is 2.25 bits per heavy atom. The summed E-state index contributed by atoms with van der Waals surface area (Å²) in [5.41, 5.74) is 5.63. The van der Waals surface area contributed by atoms with Crippen LogP contribution in [-0.2, 0) is 22.2 Å². The smallest absolute Gasteiger partial charge is 0.304 e. The molecule has 3 rings (SSSR count). The minimum atomic E-state index is -0.922. The molecule has 0 saturated carbocycles. The van der Waals surface area contributed by atoms with Gasteiger partial charge in [-0.2, -0.15) is 0 Å². The van der Waals surface area contributed by atoms with E-state index >= 15 is 0 Å². The Bertz CT molecular complexity index is 976. The minimum absolute atomic E-state index is 0.0993. The number of carboxylic acid groups (broad SMARTS) is 1. The Hall–Kier alpha value is -2.66. The van der Waals surface area contributed by atoms with Gasteiger partial charge in [0.25, 0.3) is 0 Å². The monoisotopic (exact) mass is 438 g/mol. The number of aliphatic hydroxyl groups is 1. The van der Waals surface area contributed by atoms with E-state index in [1.54, 1.807) is 0 Å². The molecule has 1 aliphatic rings. The fourth-order valence-electron chi connectivity index (χ4n) is 4.63. The summed E-state index contributed by atoms with van der Waals surface area (Å²) < 4.78 is 6.03. The van der Waals surface area contributed by atoms with Crippen LogP contribution in [0.3, 0.4) is 0 Å². The normalized spacial score (nSPS) is 17.3. The minimum Gasteiger partial charge on any atom is -0.489 e. The second kappa shape index (κ2) is 9.45. The van der Waals surface area contributed by atoms with E-state index in [1.165, 1.54) is 24.0 Å². The number of carbonyl (C=O) groups is 1. The molecule has 0 fully saturated rings. The van der Waals surface area contributed by atoms with Crippen LogP contribution in [0.5, 0.6) is 5.75 Å². The van der Waals surface area contributed by atoms with E-state index < -0.39 is 11.9 Å². The summed E-state index contributed by atoms with van der Waals surface area (Å²) >= 11 is 0. The van der Waals surface area contributed by atoms with E-state index in [-0.39, 0.29) is 30.3 Å². The van der Waals surface area contributed by atoms with Crippen LogP contribution in [0, 0.1) is 0 Å². The lowest BCUT2D eigenvalue weighted by Crippen LogP contribution is -2.44. The summed E-state index contributed by atoms with van der Waals surface area (Å²) in [5, 5.41) is 24.4. The third kappa shape index (κ3) is 5.39. The van der Waals surface area contributed by atoms with Gasteiger partial charge >= 0.3 is 5.97 Å². The predicted octanol–water partition coefficient (Wildman–Crippen LogP) is 3.76. The molecular weight excluding hydrogens is 402 g/mol. The van der Waals surface area contributed by atoms with E-state index in [0.717, 1.165) is 16.9 Å². The molecule has 1 aliphatic carbocycles. The molecule has 0 heterocycles. The van der Waals surface area contributed by atoms with Crippen molar-refractivity contribution < 1.29 is 25.2 Å². The molecule has 5 heteroatoms. The number of hydrogen-bond donors (Lipinski definition) is 3. The van der Waals surface area contributed by atoms with Crippen LogP contribution < -0.4 is 10.1 Å². The van der Waals surface area contributed by atoms with Gasteiger partial charge in [-0.25, -0.2) is 0 Å². The van der Waals surface area contributed by atoms with E-state index in [4.69, 9.17) is 15.3 Å². The maximum Gasteiger partial charge on any atom is 0.304 e. The number of fused-ring (bicyclic) bond motifs is 1. The highest BCUT2D eigenvalue weighted by Crippen LogP contribution is 2.45. The highest BCUT2D eigenvalue weighted by Gasteiger charge is 2.36. The van der Waals surface area contributed by atoms with Gasteiger partial charge in [0.05, 0.1) is 25.4 Å². The Labute approximate surface area is 191 Å². The maximum atomic E-state index is 11.2. The zero-order valence-electron chi connectivity index (χ0n) is 19.6. The number of ether oxygens (including phenoxy) is 1. The van der Waals surface area contributed by atoms with E-state index in [1.807, 2.05) is 24.3 Å². The molecule has 32 heavy (non-hydrogen) atoms. The Kier molecular flexibility index (Phi) is 7.09. The van der Waals surface area contributed by atoms with Crippen molar-refractivity contribution in [2.24, 2.45) is 0 Å². The Balaban J connectivity index is 1.73. The maximum absolute atomic E-state index is 11.2. The van der Waals surface area contributed by atoms with E-state index in [0.29, 0.717) is 12.3 Å². The molecule has 4 N–H and O–H groups in total. The van der Waals surface area contributed by atoms with Gasteiger partial charge in [-0.3, -0.25) is 10.2 Å². The number of carboxylic acids is 1. The second-order valence-corrected chi connectivity index (χ2v) is 10.2. The first kappa shape index (κ1) is 24.0. The number of rotatable bonds is 9. The standard InChI is InChI=1S/C27H35NO4/c1-26(2)12-13-27(3,4)23-15-18(5-10-22(23)26)17-32-20-8-6-19(7-9-20)21(16-25(30)31)24(28)11-14-29/h5-10,15,21,28-29H,11-14,16-17H2,1-4H3,(H,30,31)/p+1/t21-/m0/s1. The third-order valence-corrected chi connectivity index (χ3v) is 6.83. The molecule has 2 aromatic rings. The molecule has 2 aromatic carbocycles. The average molecular weight is 439 g/mol. The lowest BCUT2D eigenvalue weighted by Gasteiger charge is -2.42. The van der Waals surface area contributed by atoms with Crippen molar-refractivity contribution in [2.45, 2.75) is 76.7 Å². The highest BCUT2D eigenvalue weighted by molar-refractivity contribution is 5.89. The zero-order chi connectivity index (χ0) is 23.5. The predicted molar refractivity (Wildman–Crippen MR) is 126 cm³/mol. The molecule has 0 aromatic heterocycles. The van der Waals surface area contributed by atoms with Crippen molar-refractivity contribution in [1.29, 1.82) is 0 Å². The lowest BCUT2D eigenvalue weighted by molar-refractivity contribution is -0.139. The van der Waals surface area contributed by atoms with Crippen molar-refractivity contribution in [3.8, 4) is 5.75 Å². The first-order chi connectivity index (χ1) is 15.0. The number of nitrogens with two attached hydrogens (primary N) is 1. The summed E-state index contributed by atoms with van der Waals surface area (Å²) in [6.07, 6.45) is 2.54. The van der Waals surface area contributed by atoms with E-state index in [9.17, 15) is 9.90 Å². The molecule has 5 nitrogen and oxygen atoms in total. The van der Waals surface area contributed by atoms with Crippen LogP contribution in [0.15, 0.2) is 42.5 Å². The van der Waals surface area contributed by atoms with Gasteiger partial charge in [0, 0.05) is 0 Å². The van der Waals surface area contributed by atoms with Crippen LogP contribution in [-0.4, -0.2) is 28.5 Å². The van der Waals surface area contributed by atoms with Crippen molar-refractivity contribution in [3.63, 3.8) is 0 Å². The number of hydrogen-bond acceptors (Lipinski definition) is 3. The summed E-state index contributed by atoms with van der Waals surface area (Å²) in [7, 11) is 0. The fourth-order valence-corrected chi connectivity index (χ4v) is 4.63. The van der Waals surface area contributed by atoms with Crippen LogP contribution in [0.25, 0.3) is 0 Å². The van der Waals surface area contributed by atoms with Gasteiger partial charge in [-0.15, -0.1) is 0 Å². The summed E-state index contributed by atoms with van der Waals surface area (Å²) in [4.78, 5) is 11.2. The van der Waals surface area contributed by atoms with Crippen molar-refractivity contribution in [3.05, 3.63) is 64.7 Å². The van der Waals surface area contributed by atoms with Crippen molar-refractivity contribution >= 4 is 11.7 Å². The summed E-state index contributed by atoms with van der Waals surface area (Å²) in [6.45, 7) is 9.65. The first-order valence-electron chi connectivity index (χ1n) is 11.3. The molecule has 0 aliphatic heterocycles. The third-order valence-electron chi connectivity index (χ3n) is 6.83. The van der Waals surface area contributed by atoms with Crippen LogP contribution >= 0.6 is 0 Å². The van der Waals surface area contributed by atoms with Gasteiger partial charge in [0.15, 0.2) is 5.71 Å². The number of aliphatic carboxylic acids is 1. The van der Waals surface area contributed by atoms with Gasteiger partial charge in [-0.05, 0) is 58.1 Å². The zero-order valence-corrected chi connectivity index (χ0v) is 19.6. The SMILES string of the molecule is CC1(C)CCC(C)(C)c2cc(COc3ccc([C@H](CC(=O)O)C(=[NH2+])CCO)cc3)ccc21. The van der Waals surface area contributed by atoms with Crippen molar-refractivity contribution in [1.82, 2.24) is 0 Å². The quantitative estimate of drug-likeness (QED) is 0.520. The molecule has 0 unspecified atom stereocenters. The topological polar surface area (TPSA) is 92.4 Å². The van der Waals surface area contributed by atoms with Crippen LogP contribution in [0.1, 0.15) is 81.5 Å². The summed E-state index contributed by atoms with van der Waals surface area (Å²) in [5.74, 6) is -0.629. The van der Waals surface area contributed by atoms with Crippen LogP contribution in [0.2, 0.25) is 0 Å². The first-order valence-corrected chi connectivity index (χ1v) is 11.3. The van der Waals surface area contributed by atoms with Gasteiger partial charge < -0.3 is 14.9 Å². The molecule has 1 atom stereocenters. The largest absolute Gasteiger partial charge is 0.489 e. The molecule has 0 amide bonds. The van der Waals surface area contributed by atoms with Gasteiger partial charge in [0.2, 0.25) is 0 Å². The molecule has 0 bridgehead atoms. The van der Waals surface area contributed by atoms with E-state index in [2.05, 4.69) is 45.9 Å². The molecular formula is C27H36NO4+. The lowest BCUT2D eigenvalue weighted by atomic mass is 9.63. The number of aliphatic hydroxyl groups excluding tert-OH is 1. The average Bonchev–Trinajstić information content (AvgIpc) is 2.74. The van der Waals surface area contributed by atoms with Gasteiger partial charge in [0.1, 0.15) is 12.4 Å². The highest BCUT2D eigenvalue weighted by atomic mass is 16.5. The fraction of sp³-hybridized carbons (Fsp3) is 0.481. The van der Waals surface area contributed by atoms with Gasteiger partial charge in [-0.1, -0.05) is 58.0 Å².